The molecular weight excluding hydrogens is 389 g/mol. The lowest BCUT2D eigenvalue weighted by Crippen LogP contribution is -2.35. The summed E-state index contributed by atoms with van der Waals surface area (Å²) in [6, 6.07) is 10.6. The van der Waals surface area contributed by atoms with E-state index >= 15 is 4.39 Å². The van der Waals surface area contributed by atoms with Crippen molar-refractivity contribution in [3.05, 3.63) is 64.6 Å². The van der Waals surface area contributed by atoms with Gasteiger partial charge in [-0.25, -0.2) is 4.39 Å². The number of aromatic nitrogens is 1. The Morgan fingerprint density at radius 2 is 1.90 bits per heavy atom. The molecule has 6 rings (SSSR count). The summed E-state index contributed by atoms with van der Waals surface area (Å²) in [4.78, 5) is 19.8. The highest BCUT2D eigenvalue weighted by Crippen LogP contribution is 2.40. The zero-order valence-corrected chi connectivity index (χ0v) is 17.8. The first-order valence-electron chi connectivity index (χ1n) is 11.6. The van der Waals surface area contributed by atoms with E-state index in [1.54, 1.807) is 4.90 Å². The fourth-order valence-electron chi connectivity index (χ4n) is 5.91. The van der Waals surface area contributed by atoms with Crippen LogP contribution >= 0.6 is 0 Å². The van der Waals surface area contributed by atoms with E-state index in [1.165, 1.54) is 16.5 Å². The number of likely N-dealkylation sites (tertiary alicyclic amines) is 1. The lowest BCUT2D eigenvalue weighted by molar-refractivity contribution is -0.118. The summed E-state index contributed by atoms with van der Waals surface area (Å²) < 4.78 is 15.3. The van der Waals surface area contributed by atoms with E-state index in [0.29, 0.717) is 25.3 Å². The number of aromatic amines is 1. The van der Waals surface area contributed by atoms with Crippen molar-refractivity contribution >= 4 is 22.5 Å². The van der Waals surface area contributed by atoms with Crippen LogP contribution in [0.1, 0.15) is 47.4 Å². The molecule has 0 spiro atoms. The van der Waals surface area contributed by atoms with Crippen LogP contribution in [0.25, 0.3) is 10.9 Å². The molecule has 31 heavy (non-hydrogen) atoms. The summed E-state index contributed by atoms with van der Waals surface area (Å²) in [7, 11) is 0. The van der Waals surface area contributed by atoms with Gasteiger partial charge in [0.2, 0.25) is 5.91 Å². The Kier molecular flexibility index (Phi) is 4.60. The molecule has 160 valence electrons. The number of rotatable bonds is 4. The Morgan fingerprint density at radius 3 is 2.77 bits per heavy atom. The molecule has 3 aliphatic rings. The molecule has 1 saturated heterocycles. The molecule has 2 aromatic carbocycles. The van der Waals surface area contributed by atoms with Crippen LogP contribution in [0.5, 0.6) is 0 Å². The number of hydrogen-bond donors (Lipinski definition) is 1. The van der Waals surface area contributed by atoms with E-state index in [2.05, 4.69) is 40.3 Å². The molecule has 0 radical (unpaired) electrons. The van der Waals surface area contributed by atoms with E-state index < -0.39 is 0 Å². The highest BCUT2D eigenvalue weighted by Gasteiger charge is 2.34. The quantitative estimate of drug-likeness (QED) is 0.676. The first-order valence-corrected chi connectivity index (χ1v) is 11.6. The number of H-pyrrole nitrogens is 1. The van der Waals surface area contributed by atoms with Crippen LogP contribution in [0.2, 0.25) is 0 Å². The maximum absolute atomic E-state index is 15.3. The fourth-order valence-corrected chi connectivity index (χ4v) is 5.91. The van der Waals surface area contributed by atoms with Gasteiger partial charge in [0, 0.05) is 42.2 Å². The molecule has 1 fully saturated rings. The number of amides is 1. The first-order chi connectivity index (χ1) is 15.2. The van der Waals surface area contributed by atoms with E-state index in [1.807, 2.05) is 6.07 Å². The highest BCUT2D eigenvalue weighted by atomic mass is 19.1. The maximum Gasteiger partial charge on any atom is 0.227 e. The lowest BCUT2D eigenvalue weighted by atomic mass is 9.89. The molecule has 1 aromatic heterocycles. The monoisotopic (exact) mass is 417 g/mol. The van der Waals surface area contributed by atoms with Gasteiger partial charge in [0.25, 0.3) is 0 Å². The van der Waals surface area contributed by atoms with Gasteiger partial charge in [-0.3, -0.25) is 4.79 Å². The third-order valence-corrected chi connectivity index (χ3v) is 7.60. The third kappa shape index (κ3) is 3.18. The summed E-state index contributed by atoms with van der Waals surface area (Å²) >= 11 is 0. The third-order valence-electron chi connectivity index (χ3n) is 7.60. The van der Waals surface area contributed by atoms with Crippen molar-refractivity contribution in [1.82, 2.24) is 9.88 Å². The van der Waals surface area contributed by atoms with Crippen LogP contribution in [0.3, 0.4) is 0 Å². The number of nitrogens with zero attached hydrogens (tertiary/aromatic N) is 2. The van der Waals surface area contributed by atoms with E-state index in [-0.39, 0.29) is 11.7 Å². The van der Waals surface area contributed by atoms with E-state index in [4.69, 9.17) is 0 Å². The number of fused-ring (bicyclic) bond motifs is 1. The summed E-state index contributed by atoms with van der Waals surface area (Å²) in [6.07, 6.45) is 7.08. The number of para-hydroxylation sites is 1. The van der Waals surface area contributed by atoms with Crippen molar-refractivity contribution in [2.75, 3.05) is 31.1 Å². The SMILES string of the molecule is O=C1CCc2c(F)c(CCN3CCC(c4c[nH]c5ccccc45)CC3)cc3c2N1CC3. The fraction of sp³-hybridized carbons (Fsp3) is 0.423. The van der Waals surface area contributed by atoms with Crippen molar-refractivity contribution in [3.8, 4) is 0 Å². The predicted octanol–water partition coefficient (Wildman–Crippen LogP) is 4.56. The van der Waals surface area contributed by atoms with Crippen LogP contribution in [-0.2, 0) is 24.1 Å². The zero-order chi connectivity index (χ0) is 20.9. The number of benzene rings is 2. The minimum absolute atomic E-state index is 0.0631. The van der Waals surface area contributed by atoms with Gasteiger partial charge < -0.3 is 14.8 Å². The van der Waals surface area contributed by atoms with Gasteiger partial charge in [0.1, 0.15) is 5.82 Å². The van der Waals surface area contributed by atoms with Crippen molar-refractivity contribution in [2.45, 2.75) is 44.4 Å². The number of hydrogen-bond acceptors (Lipinski definition) is 2. The molecule has 5 heteroatoms. The molecule has 0 atom stereocenters. The molecule has 0 saturated carbocycles. The Labute approximate surface area is 182 Å². The van der Waals surface area contributed by atoms with Gasteiger partial charge in [0.15, 0.2) is 0 Å². The van der Waals surface area contributed by atoms with Gasteiger partial charge in [-0.15, -0.1) is 0 Å². The molecule has 1 N–H and O–H groups in total. The molecule has 3 aliphatic heterocycles. The largest absolute Gasteiger partial charge is 0.361 e. The van der Waals surface area contributed by atoms with Crippen molar-refractivity contribution in [2.24, 2.45) is 0 Å². The van der Waals surface area contributed by atoms with Gasteiger partial charge in [0.05, 0.1) is 5.69 Å². The summed E-state index contributed by atoms with van der Waals surface area (Å²) in [5, 5.41) is 1.35. The zero-order valence-electron chi connectivity index (χ0n) is 17.8. The number of carbonyl (C=O) groups is 1. The average Bonchev–Trinajstić information content (AvgIpc) is 3.42. The van der Waals surface area contributed by atoms with Crippen LogP contribution in [0.15, 0.2) is 36.5 Å². The minimum atomic E-state index is -0.0631. The van der Waals surface area contributed by atoms with Crippen LogP contribution in [-0.4, -0.2) is 42.0 Å². The van der Waals surface area contributed by atoms with E-state index in [0.717, 1.165) is 67.7 Å². The smallest absolute Gasteiger partial charge is 0.227 e. The van der Waals surface area contributed by atoms with E-state index in [9.17, 15) is 4.79 Å². The summed E-state index contributed by atoms with van der Waals surface area (Å²) in [5.41, 5.74) is 6.33. The van der Waals surface area contributed by atoms with Gasteiger partial charge in [-0.1, -0.05) is 24.3 Å². The predicted molar refractivity (Wildman–Crippen MR) is 121 cm³/mol. The molecule has 3 aromatic rings. The average molecular weight is 418 g/mol. The Morgan fingerprint density at radius 1 is 1.06 bits per heavy atom. The molecule has 4 nitrogen and oxygen atoms in total. The van der Waals surface area contributed by atoms with Crippen LogP contribution in [0.4, 0.5) is 10.1 Å². The second kappa shape index (κ2) is 7.49. The van der Waals surface area contributed by atoms with Crippen molar-refractivity contribution in [3.63, 3.8) is 0 Å². The number of nitrogens with one attached hydrogen (secondary N) is 1. The second-order valence-electron chi connectivity index (χ2n) is 9.29. The first kappa shape index (κ1) is 19.1. The summed E-state index contributed by atoms with van der Waals surface area (Å²) in [5.74, 6) is 0.681. The number of piperidine rings is 1. The van der Waals surface area contributed by atoms with Crippen LogP contribution < -0.4 is 4.90 Å². The number of anilines is 1. The number of carbonyl (C=O) groups excluding carboxylic acids is 1. The van der Waals surface area contributed by atoms with Gasteiger partial charge in [-0.05, 0) is 73.9 Å². The van der Waals surface area contributed by atoms with Crippen molar-refractivity contribution < 1.29 is 9.18 Å². The van der Waals surface area contributed by atoms with Gasteiger partial charge in [-0.2, -0.15) is 0 Å². The van der Waals surface area contributed by atoms with Gasteiger partial charge >= 0.3 is 0 Å². The minimum Gasteiger partial charge on any atom is -0.361 e. The molecular formula is C26H28FN3O. The summed E-state index contributed by atoms with van der Waals surface area (Å²) in [6.45, 7) is 3.74. The van der Waals surface area contributed by atoms with Crippen molar-refractivity contribution in [1.29, 1.82) is 0 Å². The lowest BCUT2D eigenvalue weighted by Gasteiger charge is -2.32. The topological polar surface area (TPSA) is 39.3 Å². The maximum atomic E-state index is 15.3. The molecule has 0 aliphatic carbocycles. The highest BCUT2D eigenvalue weighted by molar-refractivity contribution is 5.98. The standard InChI is InChI=1S/C26H28FN3O/c27-25-18(15-19-10-14-30-24(31)6-5-21(25)26(19)30)9-13-29-11-7-17(8-12-29)22-16-28-23-4-2-1-3-20(22)23/h1-4,15-17,28H,5-14H2. The Bertz CT molecular complexity index is 1160. The molecule has 0 bridgehead atoms. The molecule has 1 amide bonds. The Hall–Kier alpha value is -2.66. The second-order valence-corrected chi connectivity index (χ2v) is 9.29. The normalized spacial score (nSPS) is 19.4. The van der Waals surface area contributed by atoms with Crippen LogP contribution in [0, 0.1) is 5.82 Å². The molecule has 4 heterocycles. The molecule has 0 unspecified atom stereocenters. The Balaban J connectivity index is 1.12. The number of halogens is 1.